The van der Waals surface area contributed by atoms with Crippen molar-refractivity contribution in [3.05, 3.63) is 36.2 Å². The number of carboxylic acid groups (broad SMARTS) is 1. The molecule has 1 heterocycles. The summed E-state index contributed by atoms with van der Waals surface area (Å²) in [4.78, 5) is 33.2. The van der Waals surface area contributed by atoms with Crippen LogP contribution in [0.5, 0.6) is 0 Å². The maximum Gasteiger partial charge on any atom is 0.323 e. The van der Waals surface area contributed by atoms with Gasteiger partial charge in [-0.2, -0.15) is 0 Å². The number of benzene rings is 1. The van der Waals surface area contributed by atoms with Gasteiger partial charge in [0.15, 0.2) is 0 Å². The zero-order valence-electron chi connectivity index (χ0n) is 10.7. The van der Waals surface area contributed by atoms with Crippen LogP contribution in [-0.2, 0) is 4.79 Å². The molecule has 0 aliphatic heterocycles. The molecule has 1 aliphatic rings. The van der Waals surface area contributed by atoms with E-state index in [2.05, 4.69) is 9.97 Å². The summed E-state index contributed by atoms with van der Waals surface area (Å²) >= 11 is 0. The minimum absolute atomic E-state index is 0.0329. The molecule has 1 aliphatic carbocycles. The number of hydrogen-bond donors (Lipinski definition) is 1. The number of para-hydroxylation sites is 1. The predicted molar refractivity (Wildman–Crippen MR) is 71.2 cm³/mol. The molecule has 2 aromatic rings. The molecule has 1 saturated carbocycles. The van der Waals surface area contributed by atoms with E-state index in [9.17, 15) is 9.59 Å². The summed E-state index contributed by atoms with van der Waals surface area (Å²) in [6.07, 6.45) is 4.80. The molecule has 0 unspecified atom stereocenters. The summed E-state index contributed by atoms with van der Waals surface area (Å²) in [6.45, 7) is -0.278. The van der Waals surface area contributed by atoms with E-state index in [0.29, 0.717) is 16.6 Å². The molecule has 1 amide bonds. The lowest BCUT2D eigenvalue weighted by Crippen LogP contribution is -2.37. The maximum absolute atomic E-state index is 12.6. The van der Waals surface area contributed by atoms with Gasteiger partial charge in [0, 0.05) is 18.4 Å². The predicted octanol–water partition coefficient (Wildman–Crippen LogP) is 1.32. The number of aliphatic carboxylic acids is 1. The fourth-order valence-corrected chi connectivity index (χ4v) is 2.22. The van der Waals surface area contributed by atoms with Crippen LogP contribution in [0.1, 0.15) is 23.2 Å². The van der Waals surface area contributed by atoms with Crippen LogP contribution >= 0.6 is 0 Å². The topological polar surface area (TPSA) is 83.4 Å². The van der Waals surface area contributed by atoms with Crippen molar-refractivity contribution >= 4 is 22.9 Å². The van der Waals surface area contributed by atoms with Gasteiger partial charge in [-0.3, -0.25) is 19.6 Å². The van der Waals surface area contributed by atoms with Crippen LogP contribution in [0.2, 0.25) is 0 Å². The molecule has 0 bridgehead atoms. The van der Waals surface area contributed by atoms with E-state index >= 15 is 0 Å². The van der Waals surface area contributed by atoms with Gasteiger partial charge in [-0.15, -0.1) is 0 Å². The molecule has 102 valence electrons. The number of fused-ring (bicyclic) bond motifs is 1. The van der Waals surface area contributed by atoms with E-state index in [1.165, 1.54) is 11.1 Å². The third-order valence-electron chi connectivity index (χ3n) is 3.28. The standard InChI is InChI=1S/C14H13N3O3/c18-12(19)8-17(9-4-5-9)14(20)10-2-1-3-11-13(10)16-7-6-15-11/h1-3,6-7,9H,4-5,8H2,(H,18,19). The summed E-state index contributed by atoms with van der Waals surface area (Å²) in [7, 11) is 0. The van der Waals surface area contributed by atoms with E-state index in [0.717, 1.165) is 12.8 Å². The Balaban J connectivity index is 2.00. The van der Waals surface area contributed by atoms with Crippen molar-refractivity contribution in [2.45, 2.75) is 18.9 Å². The monoisotopic (exact) mass is 271 g/mol. The molecule has 0 spiro atoms. The molecular formula is C14H13N3O3. The van der Waals surface area contributed by atoms with Crippen molar-refractivity contribution in [2.24, 2.45) is 0 Å². The molecule has 0 radical (unpaired) electrons. The van der Waals surface area contributed by atoms with Crippen molar-refractivity contribution < 1.29 is 14.7 Å². The van der Waals surface area contributed by atoms with E-state index in [1.807, 2.05) is 0 Å². The number of carbonyl (C=O) groups excluding carboxylic acids is 1. The van der Waals surface area contributed by atoms with Gasteiger partial charge < -0.3 is 10.0 Å². The Labute approximate surface area is 115 Å². The first-order valence-electron chi connectivity index (χ1n) is 6.39. The van der Waals surface area contributed by atoms with E-state index in [1.54, 1.807) is 24.4 Å². The number of aromatic nitrogens is 2. The second-order valence-corrected chi connectivity index (χ2v) is 4.79. The van der Waals surface area contributed by atoms with Crippen LogP contribution in [0.4, 0.5) is 0 Å². The number of amides is 1. The molecule has 1 aromatic carbocycles. The average molecular weight is 271 g/mol. The summed E-state index contributed by atoms with van der Waals surface area (Å²) < 4.78 is 0. The van der Waals surface area contributed by atoms with Crippen LogP contribution in [0.3, 0.4) is 0 Å². The highest BCUT2D eigenvalue weighted by Gasteiger charge is 2.35. The zero-order valence-corrected chi connectivity index (χ0v) is 10.7. The highest BCUT2D eigenvalue weighted by atomic mass is 16.4. The van der Waals surface area contributed by atoms with Crippen molar-refractivity contribution in [2.75, 3.05) is 6.54 Å². The highest BCUT2D eigenvalue weighted by Crippen LogP contribution is 2.29. The Hall–Kier alpha value is -2.50. The first-order chi connectivity index (χ1) is 9.66. The minimum Gasteiger partial charge on any atom is -0.480 e. The molecule has 6 heteroatoms. The Morgan fingerprint density at radius 2 is 2.00 bits per heavy atom. The van der Waals surface area contributed by atoms with Gasteiger partial charge in [0.25, 0.3) is 5.91 Å². The Kier molecular flexibility index (Phi) is 3.06. The van der Waals surface area contributed by atoms with Gasteiger partial charge in [0.1, 0.15) is 12.1 Å². The molecule has 3 rings (SSSR count). The number of carboxylic acids is 1. The van der Waals surface area contributed by atoms with Crippen LogP contribution in [-0.4, -0.2) is 44.4 Å². The normalized spacial score (nSPS) is 14.2. The highest BCUT2D eigenvalue weighted by molar-refractivity contribution is 6.05. The van der Waals surface area contributed by atoms with Crippen molar-refractivity contribution in [3.63, 3.8) is 0 Å². The zero-order chi connectivity index (χ0) is 14.1. The summed E-state index contributed by atoms with van der Waals surface area (Å²) in [5.74, 6) is -1.29. The summed E-state index contributed by atoms with van der Waals surface area (Å²) in [5, 5.41) is 8.95. The minimum atomic E-state index is -1.00. The molecule has 0 saturated heterocycles. The second kappa shape index (κ2) is 4.88. The van der Waals surface area contributed by atoms with Crippen LogP contribution in [0, 0.1) is 0 Å². The van der Waals surface area contributed by atoms with E-state index < -0.39 is 5.97 Å². The van der Waals surface area contributed by atoms with E-state index in [4.69, 9.17) is 5.11 Å². The lowest BCUT2D eigenvalue weighted by molar-refractivity contribution is -0.137. The van der Waals surface area contributed by atoms with Gasteiger partial charge >= 0.3 is 5.97 Å². The first kappa shape index (κ1) is 12.5. The van der Waals surface area contributed by atoms with Gasteiger partial charge in [0.05, 0.1) is 11.1 Å². The number of rotatable bonds is 4. The lowest BCUT2D eigenvalue weighted by atomic mass is 10.1. The van der Waals surface area contributed by atoms with Crippen molar-refractivity contribution in [3.8, 4) is 0 Å². The van der Waals surface area contributed by atoms with Gasteiger partial charge in [-0.25, -0.2) is 0 Å². The van der Waals surface area contributed by atoms with E-state index in [-0.39, 0.29) is 18.5 Å². The Morgan fingerprint density at radius 1 is 1.25 bits per heavy atom. The molecule has 0 atom stereocenters. The summed E-state index contributed by atoms with van der Waals surface area (Å²) in [6, 6.07) is 5.20. The largest absolute Gasteiger partial charge is 0.480 e. The molecule has 6 nitrogen and oxygen atoms in total. The Bertz CT molecular complexity index is 677. The maximum atomic E-state index is 12.6. The third-order valence-corrected chi connectivity index (χ3v) is 3.28. The van der Waals surface area contributed by atoms with Crippen LogP contribution < -0.4 is 0 Å². The number of carbonyl (C=O) groups is 2. The van der Waals surface area contributed by atoms with Gasteiger partial charge in [-0.05, 0) is 25.0 Å². The molecular weight excluding hydrogens is 258 g/mol. The number of nitrogens with zero attached hydrogens (tertiary/aromatic N) is 3. The van der Waals surface area contributed by atoms with Crippen molar-refractivity contribution in [1.82, 2.24) is 14.9 Å². The van der Waals surface area contributed by atoms with Crippen molar-refractivity contribution in [1.29, 1.82) is 0 Å². The SMILES string of the molecule is O=C(O)CN(C(=O)c1cccc2nccnc12)C1CC1. The fraction of sp³-hybridized carbons (Fsp3) is 0.286. The van der Waals surface area contributed by atoms with Gasteiger partial charge in [-0.1, -0.05) is 6.07 Å². The second-order valence-electron chi connectivity index (χ2n) is 4.79. The van der Waals surface area contributed by atoms with Gasteiger partial charge in [0.2, 0.25) is 0 Å². The van der Waals surface area contributed by atoms with Crippen LogP contribution in [0.15, 0.2) is 30.6 Å². The van der Waals surface area contributed by atoms with Crippen LogP contribution in [0.25, 0.3) is 11.0 Å². The fourth-order valence-electron chi connectivity index (χ4n) is 2.22. The molecule has 20 heavy (non-hydrogen) atoms. The average Bonchev–Trinajstić information content (AvgIpc) is 3.28. The molecule has 1 N–H and O–H groups in total. The first-order valence-corrected chi connectivity index (χ1v) is 6.39. The smallest absolute Gasteiger partial charge is 0.323 e. The number of hydrogen-bond acceptors (Lipinski definition) is 4. The Morgan fingerprint density at radius 3 is 2.70 bits per heavy atom. The third kappa shape index (κ3) is 2.32. The lowest BCUT2D eigenvalue weighted by Gasteiger charge is -2.20. The molecule has 1 aromatic heterocycles. The molecule has 1 fully saturated rings. The summed E-state index contributed by atoms with van der Waals surface area (Å²) in [5.41, 5.74) is 1.55. The quantitative estimate of drug-likeness (QED) is 0.906.